The van der Waals surface area contributed by atoms with Gasteiger partial charge in [-0.25, -0.2) is 0 Å². The summed E-state index contributed by atoms with van der Waals surface area (Å²) in [5, 5.41) is 0. The molecule has 1 aliphatic heterocycles. The third-order valence-electron chi connectivity index (χ3n) is 8.02. The second-order valence-corrected chi connectivity index (χ2v) is 9.86. The van der Waals surface area contributed by atoms with Crippen LogP contribution in [0, 0.1) is 29.1 Å². The maximum absolute atomic E-state index is 13.5. The molecule has 0 spiro atoms. The zero-order valence-electron chi connectivity index (χ0n) is 16.9. The Balaban J connectivity index is 1.22. The highest BCUT2D eigenvalue weighted by Gasteiger charge is 2.55. The summed E-state index contributed by atoms with van der Waals surface area (Å²) in [7, 11) is 1.63. The molecular formula is C24H31NO3. The molecule has 0 radical (unpaired) electrons. The van der Waals surface area contributed by atoms with Crippen LogP contribution >= 0.6 is 0 Å². The molecule has 5 fully saturated rings. The Morgan fingerprint density at radius 2 is 1.46 bits per heavy atom. The lowest BCUT2D eigenvalue weighted by Gasteiger charge is -2.57. The molecule has 4 saturated carbocycles. The zero-order valence-corrected chi connectivity index (χ0v) is 16.9. The van der Waals surface area contributed by atoms with E-state index in [4.69, 9.17) is 4.74 Å². The van der Waals surface area contributed by atoms with E-state index in [1.54, 1.807) is 7.11 Å². The molecule has 0 aromatic heterocycles. The van der Waals surface area contributed by atoms with E-state index in [0.717, 1.165) is 74.3 Å². The van der Waals surface area contributed by atoms with Gasteiger partial charge in [0.15, 0.2) is 5.78 Å². The molecular weight excluding hydrogens is 350 g/mol. The Kier molecular flexibility index (Phi) is 4.48. The minimum Gasteiger partial charge on any atom is -0.497 e. The van der Waals surface area contributed by atoms with Gasteiger partial charge in [0.25, 0.3) is 0 Å². The molecule has 1 aromatic carbocycles. The number of carbonyl (C=O) groups is 2. The fourth-order valence-corrected chi connectivity index (χ4v) is 7.04. The van der Waals surface area contributed by atoms with E-state index < -0.39 is 0 Å². The van der Waals surface area contributed by atoms with Gasteiger partial charge in [-0.1, -0.05) is 0 Å². The van der Waals surface area contributed by atoms with Crippen LogP contribution in [0.3, 0.4) is 0 Å². The van der Waals surface area contributed by atoms with Crippen molar-refractivity contribution in [1.29, 1.82) is 0 Å². The molecule has 6 rings (SSSR count). The van der Waals surface area contributed by atoms with Gasteiger partial charge in [0.05, 0.1) is 12.5 Å². The van der Waals surface area contributed by atoms with Crippen LogP contribution < -0.4 is 4.74 Å². The lowest BCUT2D eigenvalue weighted by molar-refractivity contribution is -0.158. The van der Waals surface area contributed by atoms with Gasteiger partial charge in [0.2, 0.25) is 5.91 Å². The molecule has 150 valence electrons. The van der Waals surface area contributed by atoms with Gasteiger partial charge in [-0.3, -0.25) is 9.59 Å². The molecule has 4 aliphatic carbocycles. The fraction of sp³-hybridized carbons (Fsp3) is 0.667. The SMILES string of the molecule is COc1ccc(C(=O)C2CCN(C(=O)C34CC5CC(CC(C5)C3)C4)CC2)cc1. The molecule has 4 heteroatoms. The van der Waals surface area contributed by atoms with Crippen LogP contribution in [-0.2, 0) is 4.79 Å². The quantitative estimate of drug-likeness (QED) is 0.729. The van der Waals surface area contributed by atoms with Gasteiger partial charge in [0.1, 0.15) is 5.75 Å². The molecule has 4 bridgehead atoms. The molecule has 5 aliphatic rings. The number of benzene rings is 1. The normalized spacial score (nSPS) is 34.5. The number of nitrogens with zero attached hydrogens (tertiary/aromatic N) is 1. The number of hydrogen-bond donors (Lipinski definition) is 0. The monoisotopic (exact) mass is 381 g/mol. The molecule has 1 aromatic rings. The third-order valence-corrected chi connectivity index (χ3v) is 8.02. The van der Waals surface area contributed by atoms with Gasteiger partial charge >= 0.3 is 0 Å². The third kappa shape index (κ3) is 3.05. The lowest BCUT2D eigenvalue weighted by Crippen LogP contribution is -2.55. The number of amides is 1. The second kappa shape index (κ2) is 6.89. The summed E-state index contributed by atoms with van der Waals surface area (Å²) in [5.41, 5.74) is 0.702. The summed E-state index contributed by atoms with van der Waals surface area (Å²) in [6.45, 7) is 1.49. The van der Waals surface area contributed by atoms with Gasteiger partial charge in [0, 0.05) is 24.6 Å². The number of carbonyl (C=O) groups excluding carboxylic acids is 2. The minimum atomic E-state index is -0.0540. The van der Waals surface area contributed by atoms with Crippen LogP contribution in [0.15, 0.2) is 24.3 Å². The summed E-state index contributed by atoms with van der Waals surface area (Å²) in [6.07, 6.45) is 9.07. The average molecular weight is 382 g/mol. The Morgan fingerprint density at radius 3 is 1.96 bits per heavy atom. The largest absolute Gasteiger partial charge is 0.497 e. The van der Waals surface area contributed by atoms with Gasteiger partial charge in [-0.05, 0) is 93.4 Å². The number of likely N-dealkylation sites (tertiary alicyclic amines) is 1. The van der Waals surface area contributed by atoms with Crippen molar-refractivity contribution in [3.63, 3.8) is 0 Å². The average Bonchev–Trinajstić information content (AvgIpc) is 2.72. The first-order chi connectivity index (χ1) is 13.6. The molecule has 1 heterocycles. The highest BCUT2D eigenvalue weighted by Crippen LogP contribution is 2.60. The zero-order chi connectivity index (χ0) is 19.3. The lowest BCUT2D eigenvalue weighted by atomic mass is 9.49. The van der Waals surface area contributed by atoms with Crippen molar-refractivity contribution < 1.29 is 14.3 Å². The number of piperidine rings is 1. The van der Waals surface area contributed by atoms with Crippen LogP contribution in [0.2, 0.25) is 0 Å². The van der Waals surface area contributed by atoms with E-state index in [1.165, 1.54) is 19.3 Å². The summed E-state index contributed by atoms with van der Waals surface area (Å²) in [5.74, 6) is 3.83. The molecule has 0 N–H and O–H groups in total. The number of hydrogen-bond acceptors (Lipinski definition) is 3. The number of methoxy groups -OCH3 is 1. The highest BCUT2D eigenvalue weighted by molar-refractivity contribution is 5.98. The minimum absolute atomic E-state index is 0.0359. The fourth-order valence-electron chi connectivity index (χ4n) is 7.04. The summed E-state index contributed by atoms with van der Waals surface area (Å²) in [4.78, 5) is 28.5. The van der Waals surface area contributed by atoms with Crippen molar-refractivity contribution in [3.8, 4) is 5.75 Å². The number of ether oxygens (including phenoxy) is 1. The Labute approximate surface area is 167 Å². The van der Waals surface area contributed by atoms with Crippen molar-refractivity contribution in [2.45, 2.75) is 51.4 Å². The molecule has 0 atom stereocenters. The highest BCUT2D eigenvalue weighted by atomic mass is 16.5. The first-order valence-corrected chi connectivity index (χ1v) is 11.0. The predicted molar refractivity (Wildman–Crippen MR) is 107 cm³/mol. The number of rotatable bonds is 4. The Bertz CT molecular complexity index is 725. The van der Waals surface area contributed by atoms with E-state index in [0.29, 0.717) is 5.91 Å². The molecule has 1 amide bonds. The van der Waals surface area contributed by atoms with Crippen LogP contribution in [0.4, 0.5) is 0 Å². The maximum Gasteiger partial charge on any atom is 0.228 e. The van der Waals surface area contributed by atoms with Crippen molar-refractivity contribution in [2.75, 3.05) is 20.2 Å². The van der Waals surface area contributed by atoms with E-state index in [9.17, 15) is 9.59 Å². The number of ketones is 1. The van der Waals surface area contributed by atoms with E-state index >= 15 is 0 Å². The first-order valence-electron chi connectivity index (χ1n) is 11.0. The standard InChI is InChI=1S/C24H31NO3/c1-28-21-4-2-19(3-5-21)22(26)20-6-8-25(9-7-20)23(27)24-13-16-10-17(14-24)12-18(11-16)15-24/h2-5,16-18,20H,6-15H2,1H3. The van der Waals surface area contributed by atoms with Crippen LogP contribution in [0.1, 0.15) is 61.7 Å². The first kappa shape index (κ1) is 18.2. The maximum atomic E-state index is 13.5. The van der Waals surface area contributed by atoms with Gasteiger partial charge in [-0.15, -0.1) is 0 Å². The summed E-state index contributed by atoms with van der Waals surface area (Å²) < 4.78 is 5.18. The van der Waals surface area contributed by atoms with Crippen LogP contribution in [0.5, 0.6) is 5.75 Å². The van der Waals surface area contributed by atoms with Crippen molar-refractivity contribution in [1.82, 2.24) is 4.90 Å². The Hall–Kier alpha value is -1.84. The van der Waals surface area contributed by atoms with Crippen molar-refractivity contribution in [3.05, 3.63) is 29.8 Å². The van der Waals surface area contributed by atoms with E-state index in [-0.39, 0.29) is 17.1 Å². The second-order valence-electron chi connectivity index (χ2n) is 9.86. The topological polar surface area (TPSA) is 46.6 Å². The summed E-state index contributed by atoms with van der Waals surface area (Å²) >= 11 is 0. The van der Waals surface area contributed by atoms with Crippen molar-refractivity contribution in [2.24, 2.45) is 29.1 Å². The Morgan fingerprint density at radius 1 is 0.929 bits per heavy atom. The van der Waals surface area contributed by atoms with Gasteiger partial charge < -0.3 is 9.64 Å². The molecule has 1 saturated heterocycles. The summed E-state index contributed by atoms with van der Waals surface area (Å²) in [6, 6.07) is 7.40. The van der Waals surface area contributed by atoms with Crippen molar-refractivity contribution >= 4 is 11.7 Å². The van der Waals surface area contributed by atoms with E-state index in [1.807, 2.05) is 24.3 Å². The van der Waals surface area contributed by atoms with E-state index in [2.05, 4.69) is 4.90 Å². The van der Waals surface area contributed by atoms with Crippen LogP contribution in [-0.4, -0.2) is 36.8 Å². The number of Topliss-reactive ketones (excluding diaryl/α,β-unsaturated/α-hetero) is 1. The molecule has 4 nitrogen and oxygen atoms in total. The molecule has 28 heavy (non-hydrogen) atoms. The van der Waals surface area contributed by atoms with Crippen LogP contribution in [0.25, 0.3) is 0 Å². The van der Waals surface area contributed by atoms with Gasteiger partial charge in [-0.2, -0.15) is 0 Å². The molecule has 0 unspecified atom stereocenters. The predicted octanol–water partition coefficient (Wildman–Crippen LogP) is 4.33. The smallest absolute Gasteiger partial charge is 0.228 e.